The molecule has 0 bridgehead atoms. The fourth-order valence-corrected chi connectivity index (χ4v) is 12.4. The Balaban J connectivity index is 0.845. The molecular formula is C63H76N10O15S. The van der Waals surface area contributed by atoms with Crippen LogP contribution in [0.1, 0.15) is 134 Å². The number of likely N-dealkylation sites (tertiary alicyclic amines) is 1. The third kappa shape index (κ3) is 15.9. The van der Waals surface area contributed by atoms with Crippen molar-refractivity contribution in [3.05, 3.63) is 118 Å². The highest BCUT2D eigenvalue weighted by molar-refractivity contribution is 7.92. The van der Waals surface area contributed by atoms with E-state index in [2.05, 4.69) is 36.6 Å². The Bertz CT molecular complexity index is 3740. The molecule has 3 aliphatic heterocycles. The summed E-state index contributed by atoms with van der Waals surface area (Å²) in [6.07, 6.45) is 0.644. The predicted octanol–water partition coefficient (Wildman–Crippen LogP) is 5.63. The monoisotopic (exact) mass is 1240 g/mol. The van der Waals surface area contributed by atoms with E-state index in [-0.39, 0.29) is 109 Å². The standard InChI is InChI=1S/C63H76N10O15S/c1-7-24-64-62(84)66-41-17-12-19-43(30-41)89(85,86)71-42-18-11-16-39(29-42)47(32-55(77)78)67-52(74)22-13-23-54(76)72-25-14-21-50(72)58(80)70-48(26-36(3)4)57(79)65-33-53(75)68-49(27-37(5)6)60(82)88-63(8-2)45-31-51-56-40(28-38-15-9-10-20-46(38)69-56)34-73(51)59(81)44(45)35-87-61(63)83/h9-12,15-20,28-31,36-37,47-50,71H,7-8,13-14,21-27,32-35H2,1-6H3,(H,65,79)(H,67,74)(H,68,75)(H,70,80)(H,77,78)(H2,64,66,84)/t47?,48-,49-,50-,63-/m0/s1. The molecule has 8 rings (SSSR count). The van der Waals surface area contributed by atoms with Crippen molar-refractivity contribution in [1.82, 2.24) is 41.0 Å². The smallest absolute Gasteiger partial charge is 0.355 e. The van der Waals surface area contributed by atoms with Crippen LogP contribution in [0.4, 0.5) is 16.2 Å². The number of carbonyl (C=O) groups is 9. The second-order valence-electron chi connectivity index (χ2n) is 23.3. The van der Waals surface area contributed by atoms with Crippen LogP contribution in [0.25, 0.3) is 22.3 Å². The molecule has 2 aromatic heterocycles. The zero-order chi connectivity index (χ0) is 64.3. The molecule has 0 spiro atoms. The van der Waals surface area contributed by atoms with Crippen molar-refractivity contribution >= 4 is 85.8 Å². The minimum Gasteiger partial charge on any atom is -0.481 e. The van der Waals surface area contributed by atoms with Gasteiger partial charge in [0.15, 0.2) is 0 Å². The van der Waals surface area contributed by atoms with Crippen LogP contribution in [0, 0.1) is 11.8 Å². The van der Waals surface area contributed by atoms with Gasteiger partial charge in [-0.25, -0.2) is 27.8 Å². The molecule has 8 N–H and O–H groups in total. The Hall–Kier alpha value is -9.20. The minimum atomic E-state index is -4.21. The predicted molar refractivity (Wildman–Crippen MR) is 327 cm³/mol. The topological polar surface area (TPSA) is 349 Å². The number of hydrogen-bond acceptors (Lipinski definition) is 15. The van der Waals surface area contributed by atoms with Crippen LogP contribution in [0.3, 0.4) is 0 Å². The summed E-state index contributed by atoms with van der Waals surface area (Å²) in [5.74, 6) is -6.54. The van der Waals surface area contributed by atoms with E-state index in [4.69, 9.17) is 14.5 Å². The van der Waals surface area contributed by atoms with E-state index < -0.39 is 112 Å². The molecule has 25 nitrogen and oxygen atoms in total. The highest BCUT2D eigenvalue weighted by atomic mass is 32.2. The normalized spacial score (nSPS) is 16.8. The van der Waals surface area contributed by atoms with E-state index in [9.17, 15) is 61.5 Å². The van der Waals surface area contributed by atoms with Gasteiger partial charge in [0.2, 0.25) is 35.1 Å². The van der Waals surface area contributed by atoms with E-state index in [1.54, 1.807) is 17.6 Å². The highest BCUT2D eigenvalue weighted by Crippen LogP contribution is 2.41. The van der Waals surface area contributed by atoms with Crippen LogP contribution in [-0.2, 0) is 76.6 Å². The number of esters is 2. The van der Waals surface area contributed by atoms with E-state index in [0.29, 0.717) is 36.3 Å². The Kier molecular flexibility index (Phi) is 21.2. The van der Waals surface area contributed by atoms with Gasteiger partial charge < -0.3 is 55.9 Å². The number of fused-ring (bicyclic) bond motifs is 5. The summed E-state index contributed by atoms with van der Waals surface area (Å²) in [6, 6.07) is 17.6. The van der Waals surface area contributed by atoms with Gasteiger partial charge in [0.1, 0.15) is 24.7 Å². The number of sulfonamides is 1. The average molecular weight is 1250 g/mol. The van der Waals surface area contributed by atoms with Crippen LogP contribution in [-0.4, -0.2) is 119 Å². The number of cyclic esters (lactones) is 1. The number of nitrogens with zero attached hydrogens (tertiary/aromatic N) is 3. The van der Waals surface area contributed by atoms with Gasteiger partial charge >= 0.3 is 23.9 Å². The molecular weight excluding hydrogens is 1170 g/mol. The molecule has 1 unspecified atom stereocenters. The number of urea groups is 1. The average Bonchev–Trinajstić information content (AvgIpc) is 1.70. The first-order chi connectivity index (χ1) is 42.4. The molecule has 5 aromatic rings. The third-order valence-electron chi connectivity index (χ3n) is 15.6. The molecule has 7 amide bonds. The maximum Gasteiger partial charge on any atom is 0.355 e. The first-order valence-corrected chi connectivity index (χ1v) is 31.4. The summed E-state index contributed by atoms with van der Waals surface area (Å²) < 4.78 is 42.5. The Morgan fingerprint density at radius 3 is 2.28 bits per heavy atom. The van der Waals surface area contributed by atoms with Crippen molar-refractivity contribution in [1.29, 1.82) is 0 Å². The Labute approximate surface area is 514 Å². The first kappa shape index (κ1) is 65.8. The fraction of sp³-hybridized carbons (Fsp3) is 0.444. The number of rotatable bonds is 27. The summed E-state index contributed by atoms with van der Waals surface area (Å²) in [5, 5.41) is 26.5. The van der Waals surface area contributed by atoms with Crippen molar-refractivity contribution < 1.29 is 66.1 Å². The summed E-state index contributed by atoms with van der Waals surface area (Å²) in [4.78, 5) is 141. The zero-order valence-electron chi connectivity index (χ0n) is 50.6. The van der Waals surface area contributed by atoms with Gasteiger partial charge in [0, 0.05) is 53.8 Å². The molecule has 5 atom stereocenters. The molecule has 1 saturated heterocycles. The summed E-state index contributed by atoms with van der Waals surface area (Å²) in [6.45, 7) is 10.7. The van der Waals surface area contributed by atoms with Gasteiger partial charge in [-0.1, -0.05) is 77.9 Å². The number of para-hydroxylation sites is 1. The quantitative estimate of drug-likeness (QED) is 0.0290. The number of amides is 7. The largest absolute Gasteiger partial charge is 0.481 e. The summed E-state index contributed by atoms with van der Waals surface area (Å²) in [7, 11) is -4.21. The van der Waals surface area contributed by atoms with Crippen molar-refractivity contribution in [3.63, 3.8) is 0 Å². The molecule has 5 heterocycles. The Morgan fingerprint density at radius 1 is 0.820 bits per heavy atom. The molecule has 1 fully saturated rings. The van der Waals surface area contributed by atoms with Gasteiger partial charge in [-0.3, -0.25) is 38.3 Å². The van der Waals surface area contributed by atoms with Gasteiger partial charge in [-0.2, -0.15) is 0 Å². The third-order valence-corrected chi connectivity index (χ3v) is 17.0. The highest BCUT2D eigenvalue weighted by Gasteiger charge is 2.51. The molecule has 3 aromatic carbocycles. The Morgan fingerprint density at radius 2 is 1.55 bits per heavy atom. The number of nitrogens with one attached hydrogen (secondary N) is 7. The van der Waals surface area contributed by atoms with Gasteiger partial charge in [0.05, 0.1) is 52.9 Å². The number of hydrogen-bond donors (Lipinski definition) is 8. The number of benzene rings is 3. The van der Waals surface area contributed by atoms with Crippen LogP contribution >= 0.6 is 0 Å². The second-order valence-corrected chi connectivity index (χ2v) is 25.0. The number of aromatic nitrogens is 2. The number of anilines is 2. The van der Waals surface area contributed by atoms with Crippen LogP contribution < -0.4 is 42.2 Å². The van der Waals surface area contributed by atoms with Crippen LogP contribution in [0.15, 0.2) is 94.6 Å². The summed E-state index contributed by atoms with van der Waals surface area (Å²) >= 11 is 0. The fourth-order valence-electron chi connectivity index (χ4n) is 11.3. The summed E-state index contributed by atoms with van der Waals surface area (Å²) in [5.41, 5.74) is 0.925. The lowest BCUT2D eigenvalue weighted by Crippen LogP contribution is -2.55. The maximum absolute atomic E-state index is 14.3. The number of ether oxygens (including phenoxy) is 2. The molecule has 0 saturated carbocycles. The number of carboxylic acid groups (broad SMARTS) is 1. The van der Waals surface area contributed by atoms with Crippen molar-refractivity contribution in [2.24, 2.45) is 11.8 Å². The van der Waals surface area contributed by atoms with E-state index >= 15 is 0 Å². The van der Waals surface area contributed by atoms with Crippen molar-refractivity contribution in [2.45, 2.75) is 154 Å². The van der Waals surface area contributed by atoms with Gasteiger partial charge in [-0.05, 0) is 111 Å². The molecule has 89 heavy (non-hydrogen) atoms. The maximum atomic E-state index is 14.3. The molecule has 0 radical (unpaired) electrons. The van der Waals surface area contributed by atoms with E-state index in [0.717, 1.165) is 10.9 Å². The SMILES string of the molecule is CCCNC(=O)Nc1cccc(S(=O)(=O)Nc2cccc(C(CC(=O)O)NC(=O)CCCC(=O)N3CCC[C@H]3C(=O)N[C@@H](CC(C)C)C(=O)NCC(=O)N[C@@H](CC(C)C)C(=O)O[C@]3(CC)C(=O)OCc4c3cc3n(c4=O)Cc4cc5ccccc5nc4-3)c2)c1. The molecule has 26 heteroatoms. The molecule has 3 aliphatic rings. The van der Waals surface area contributed by atoms with E-state index in [1.807, 2.05) is 65.0 Å². The number of carboxylic acids is 1. The lowest BCUT2D eigenvalue weighted by Gasteiger charge is -2.36. The van der Waals surface area contributed by atoms with Crippen LogP contribution in [0.2, 0.25) is 0 Å². The number of carbonyl (C=O) groups excluding carboxylic acids is 8. The lowest BCUT2D eigenvalue weighted by atomic mass is 9.85. The number of pyridine rings is 2. The zero-order valence-corrected chi connectivity index (χ0v) is 51.4. The molecule has 0 aliphatic carbocycles. The second kappa shape index (κ2) is 28.8. The van der Waals surface area contributed by atoms with Gasteiger partial charge in [-0.15, -0.1) is 0 Å². The molecule has 474 valence electrons. The van der Waals surface area contributed by atoms with Crippen molar-refractivity contribution in [2.75, 3.05) is 29.7 Å². The first-order valence-electron chi connectivity index (χ1n) is 29.9. The van der Waals surface area contributed by atoms with Crippen molar-refractivity contribution in [3.8, 4) is 11.4 Å². The lowest BCUT2D eigenvalue weighted by molar-refractivity contribution is -0.191. The van der Waals surface area contributed by atoms with Gasteiger partial charge in [0.25, 0.3) is 15.6 Å². The minimum absolute atomic E-state index is 0.0218. The van der Waals surface area contributed by atoms with Crippen LogP contribution in [0.5, 0.6) is 0 Å². The number of aliphatic carboxylic acids is 1. The van der Waals surface area contributed by atoms with E-state index in [1.165, 1.54) is 53.4 Å².